The summed E-state index contributed by atoms with van der Waals surface area (Å²) in [7, 11) is 1.56. The van der Waals surface area contributed by atoms with Crippen LogP contribution in [0.3, 0.4) is 0 Å². The van der Waals surface area contributed by atoms with Gasteiger partial charge in [-0.25, -0.2) is 13.2 Å². The van der Waals surface area contributed by atoms with E-state index >= 15 is 0 Å². The van der Waals surface area contributed by atoms with Gasteiger partial charge in [0.25, 0.3) is 0 Å². The third-order valence-electron chi connectivity index (χ3n) is 5.02. The Morgan fingerprint density at radius 3 is 2.25 bits per heavy atom. The molecule has 0 spiro atoms. The van der Waals surface area contributed by atoms with Crippen LogP contribution in [0.25, 0.3) is 22.2 Å². The van der Waals surface area contributed by atoms with E-state index in [1.54, 1.807) is 25.2 Å². The summed E-state index contributed by atoms with van der Waals surface area (Å²) in [6, 6.07) is 8.90. The quantitative estimate of drug-likeness (QED) is 0.448. The average molecular weight is 449 g/mol. The molecule has 1 aromatic heterocycles. The van der Waals surface area contributed by atoms with E-state index in [0.717, 1.165) is 25.2 Å². The van der Waals surface area contributed by atoms with E-state index in [4.69, 9.17) is 10.8 Å². The maximum absolute atomic E-state index is 13.5. The molecule has 1 unspecified atom stereocenters. The van der Waals surface area contributed by atoms with Crippen LogP contribution in [0.15, 0.2) is 42.5 Å². The number of H-pyrrole nitrogens is 1. The second-order valence-electron chi connectivity index (χ2n) is 7.30. The van der Waals surface area contributed by atoms with Crippen molar-refractivity contribution >= 4 is 23.1 Å². The molecule has 4 rings (SSSR count). The van der Waals surface area contributed by atoms with Crippen LogP contribution in [0, 0.1) is 23.4 Å². The van der Waals surface area contributed by atoms with E-state index in [2.05, 4.69) is 10.3 Å². The van der Waals surface area contributed by atoms with E-state index in [-0.39, 0.29) is 17.9 Å². The first-order chi connectivity index (χ1) is 15.3. The smallest absolute Gasteiger partial charge is 0.236 e. The largest absolute Gasteiger partial charge is 0.394 e. The molecular formula is C23H26F3N3O3. The Labute approximate surface area is 183 Å². The number of aromatic amines is 1. The molecule has 6 nitrogen and oxygen atoms in total. The molecule has 0 radical (unpaired) electrons. The van der Waals surface area contributed by atoms with Crippen molar-refractivity contribution < 1.29 is 27.9 Å². The number of carbonyl (C=O) groups excluding carboxylic acids is 2. The molecule has 0 aliphatic heterocycles. The number of nitrogens with one attached hydrogen (secondary N) is 2. The van der Waals surface area contributed by atoms with Crippen molar-refractivity contribution in [2.45, 2.75) is 25.3 Å². The van der Waals surface area contributed by atoms with Gasteiger partial charge in [-0.05, 0) is 61.9 Å². The minimum atomic E-state index is -0.640. The second kappa shape index (κ2) is 12.0. The lowest BCUT2D eigenvalue weighted by atomic mass is 9.87. The number of likely N-dealkylation sites (N-methyl/N-ethyl adjacent to an activating group) is 1. The van der Waals surface area contributed by atoms with E-state index in [9.17, 15) is 22.8 Å². The Morgan fingerprint density at radius 2 is 1.84 bits per heavy atom. The summed E-state index contributed by atoms with van der Waals surface area (Å²) < 4.78 is 39.4. The van der Waals surface area contributed by atoms with Crippen molar-refractivity contribution in [3.8, 4) is 11.3 Å². The van der Waals surface area contributed by atoms with Crippen LogP contribution < -0.4 is 11.1 Å². The van der Waals surface area contributed by atoms with Gasteiger partial charge in [0, 0.05) is 23.1 Å². The summed E-state index contributed by atoms with van der Waals surface area (Å²) >= 11 is 0. The topological polar surface area (TPSA) is 108 Å². The first-order valence-corrected chi connectivity index (χ1v) is 10.1. The lowest BCUT2D eigenvalue weighted by Crippen LogP contribution is -2.41. The molecule has 9 heteroatoms. The third-order valence-corrected chi connectivity index (χ3v) is 5.02. The second-order valence-corrected chi connectivity index (χ2v) is 7.30. The molecule has 1 saturated carbocycles. The first-order valence-electron chi connectivity index (χ1n) is 10.1. The number of hydrogen-bond donors (Lipinski definition) is 4. The highest BCUT2D eigenvalue weighted by atomic mass is 19.1. The number of aliphatic hydroxyl groups excluding tert-OH is 1. The van der Waals surface area contributed by atoms with Gasteiger partial charge in [0.2, 0.25) is 5.91 Å². The summed E-state index contributed by atoms with van der Waals surface area (Å²) in [6.45, 7) is -0.244. The number of carbonyl (C=O) groups is 2. The number of amides is 1. The minimum absolute atomic E-state index is 0.244. The van der Waals surface area contributed by atoms with Crippen LogP contribution in [0.5, 0.6) is 0 Å². The van der Waals surface area contributed by atoms with Crippen LogP contribution in [0.1, 0.15) is 19.3 Å². The number of primary amides is 1. The van der Waals surface area contributed by atoms with Crippen molar-refractivity contribution in [2.24, 2.45) is 11.7 Å². The van der Waals surface area contributed by atoms with Crippen LogP contribution in [-0.4, -0.2) is 42.0 Å². The number of fused-ring (bicyclic) bond motifs is 1. The summed E-state index contributed by atoms with van der Waals surface area (Å²) in [5, 5.41) is 11.3. The van der Waals surface area contributed by atoms with Crippen LogP contribution in [0.2, 0.25) is 0 Å². The maximum atomic E-state index is 13.5. The molecule has 0 saturated heterocycles. The number of benzene rings is 2. The summed E-state index contributed by atoms with van der Waals surface area (Å²) in [5.74, 6) is -1.70. The summed E-state index contributed by atoms with van der Waals surface area (Å²) in [4.78, 5) is 22.8. The van der Waals surface area contributed by atoms with E-state index < -0.39 is 23.6 Å². The van der Waals surface area contributed by atoms with Crippen molar-refractivity contribution in [2.75, 3.05) is 13.7 Å². The zero-order chi connectivity index (χ0) is 23.7. The highest BCUT2D eigenvalue weighted by Crippen LogP contribution is 2.26. The number of aliphatic hydroxyl groups is 1. The van der Waals surface area contributed by atoms with Crippen molar-refractivity contribution in [3.05, 3.63) is 59.9 Å². The van der Waals surface area contributed by atoms with Gasteiger partial charge < -0.3 is 25.9 Å². The molecule has 1 atom stereocenters. The standard InChI is InChI=1S/C14H8F3N.C5H8O.C4H10N2O2/c15-10-3-1-8(2-4-10)13-6-9-5-11(16)7-12(17)14(9)18-13;6-4-5-2-1-3-5;1-6-3(2-7)4(5)8/h1-7,18H;4-5H,1-3H2;3,6-7H,2H2,1H3,(H2,5,8). The van der Waals surface area contributed by atoms with Crippen molar-refractivity contribution in [1.29, 1.82) is 0 Å². The Balaban J connectivity index is 0.000000215. The van der Waals surface area contributed by atoms with E-state index in [1.807, 2.05) is 0 Å². The van der Waals surface area contributed by atoms with E-state index in [0.29, 0.717) is 22.6 Å². The number of rotatable bonds is 5. The molecule has 1 heterocycles. The van der Waals surface area contributed by atoms with Crippen LogP contribution in [-0.2, 0) is 9.59 Å². The number of aromatic nitrogens is 1. The Hall–Kier alpha value is -3.17. The molecule has 1 aliphatic carbocycles. The molecule has 172 valence electrons. The highest BCUT2D eigenvalue weighted by Gasteiger charge is 2.14. The number of aldehydes is 1. The minimum Gasteiger partial charge on any atom is -0.394 e. The van der Waals surface area contributed by atoms with Gasteiger partial charge in [0.1, 0.15) is 29.8 Å². The van der Waals surface area contributed by atoms with Gasteiger partial charge in [-0.2, -0.15) is 0 Å². The monoisotopic (exact) mass is 449 g/mol. The number of nitrogens with two attached hydrogens (primary N) is 1. The highest BCUT2D eigenvalue weighted by molar-refractivity contribution is 5.86. The van der Waals surface area contributed by atoms with Crippen LogP contribution >= 0.6 is 0 Å². The molecule has 1 fully saturated rings. The molecule has 0 bridgehead atoms. The normalized spacial score (nSPS) is 13.8. The van der Waals surface area contributed by atoms with Crippen molar-refractivity contribution in [3.63, 3.8) is 0 Å². The van der Waals surface area contributed by atoms with Gasteiger partial charge in [-0.15, -0.1) is 0 Å². The van der Waals surface area contributed by atoms with E-state index in [1.165, 1.54) is 24.6 Å². The zero-order valence-corrected chi connectivity index (χ0v) is 17.6. The maximum Gasteiger partial charge on any atom is 0.236 e. The molecule has 2 aromatic carbocycles. The van der Waals surface area contributed by atoms with Gasteiger partial charge >= 0.3 is 0 Å². The predicted octanol–water partition coefficient (Wildman–Crippen LogP) is 3.29. The fourth-order valence-corrected chi connectivity index (χ4v) is 2.85. The van der Waals surface area contributed by atoms with Gasteiger partial charge in [-0.3, -0.25) is 4.79 Å². The molecular weight excluding hydrogens is 423 g/mol. The molecule has 5 N–H and O–H groups in total. The molecule has 1 amide bonds. The third kappa shape index (κ3) is 6.93. The Kier molecular flexibility index (Phi) is 9.42. The summed E-state index contributed by atoms with van der Waals surface area (Å²) in [6.07, 6.45) is 4.61. The van der Waals surface area contributed by atoms with Crippen molar-refractivity contribution in [1.82, 2.24) is 10.3 Å². The fourth-order valence-electron chi connectivity index (χ4n) is 2.85. The van der Waals surface area contributed by atoms with Gasteiger partial charge in [-0.1, -0.05) is 6.42 Å². The Bertz CT molecular complexity index is 1030. The number of halogens is 3. The molecule has 32 heavy (non-hydrogen) atoms. The van der Waals surface area contributed by atoms with Crippen LogP contribution in [0.4, 0.5) is 13.2 Å². The SMILES string of the molecule is CNC(CO)C(N)=O.Fc1ccc(-c2cc3cc(F)cc(F)c3[nH]2)cc1.O=CC1CCC1. The lowest BCUT2D eigenvalue weighted by molar-refractivity contribution is -0.120. The van der Waals surface area contributed by atoms with Gasteiger partial charge in [0.05, 0.1) is 12.1 Å². The van der Waals surface area contributed by atoms with Gasteiger partial charge in [0.15, 0.2) is 0 Å². The average Bonchev–Trinajstić information content (AvgIpc) is 3.14. The number of hydrogen-bond acceptors (Lipinski definition) is 4. The predicted molar refractivity (Wildman–Crippen MR) is 116 cm³/mol. The summed E-state index contributed by atoms with van der Waals surface area (Å²) in [5.41, 5.74) is 6.38. The fraction of sp³-hybridized carbons (Fsp3) is 0.304. The molecule has 1 aliphatic rings. The zero-order valence-electron chi connectivity index (χ0n) is 17.6. The molecule has 3 aromatic rings. The Morgan fingerprint density at radius 1 is 1.19 bits per heavy atom. The lowest BCUT2D eigenvalue weighted by Gasteiger charge is -2.17. The first kappa shape index (κ1) is 25.1.